The summed E-state index contributed by atoms with van der Waals surface area (Å²) < 4.78 is 0.886. The Morgan fingerprint density at radius 1 is 1.16 bits per heavy atom. The van der Waals surface area contributed by atoms with Gasteiger partial charge in [-0.15, -0.1) is 0 Å². The molecule has 0 atom stereocenters. The standard InChI is InChI=1S/C15H14BrN3/c16-14-7-11(8-17)5-6-15(14)19-10-13-4-2-1-3-12(13)9-18/h1-7,19H,9-10,18H2. The third kappa shape index (κ3) is 3.34. The van der Waals surface area contributed by atoms with Crippen LogP contribution in [0.1, 0.15) is 16.7 Å². The number of nitrogens with zero attached hydrogens (tertiary/aromatic N) is 1. The third-order valence-electron chi connectivity index (χ3n) is 2.91. The Morgan fingerprint density at radius 2 is 1.89 bits per heavy atom. The van der Waals surface area contributed by atoms with Crippen molar-refractivity contribution in [2.45, 2.75) is 13.1 Å². The smallest absolute Gasteiger partial charge is 0.0992 e. The van der Waals surface area contributed by atoms with Crippen molar-refractivity contribution in [2.75, 3.05) is 5.32 Å². The highest BCUT2D eigenvalue weighted by atomic mass is 79.9. The molecule has 0 unspecified atom stereocenters. The van der Waals surface area contributed by atoms with E-state index in [-0.39, 0.29) is 0 Å². The van der Waals surface area contributed by atoms with Gasteiger partial charge in [0.25, 0.3) is 0 Å². The highest BCUT2D eigenvalue weighted by molar-refractivity contribution is 9.10. The average Bonchev–Trinajstić information content (AvgIpc) is 2.46. The molecular weight excluding hydrogens is 302 g/mol. The first kappa shape index (κ1) is 13.6. The summed E-state index contributed by atoms with van der Waals surface area (Å²) in [6.45, 7) is 1.24. The van der Waals surface area contributed by atoms with Gasteiger partial charge in [-0.1, -0.05) is 24.3 Å². The number of halogens is 1. The second-order valence-electron chi connectivity index (χ2n) is 4.13. The van der Waals surface area contributed by atoms with Gasteiger partial charge in [-0.25, -0.2) is 0 Å². The molecule has 3 N–H and O–H groups in total. The molecule has 2 aromatic rings. The molecule has 0 aromatic heterocycles. The molecule has 0 aliphatic rings. The lowest BCUT2D eigenvalue weighted by Gasteiger charge is -2.11. The molecule has 2 rings (SSSR count). The Kier molecular flexibility index (Phi) is 4.56. The molecule has 96 valence electrons. The van der Waals surface area contributed by atoms with Crippen LogP contribution >= 0.6 is 15.9 Å². The summed E-state index contributed by atoms with van der Waals surface area (Å²) in [5.41, 5.74) is 9.64. The second kappa shape index (κ2) is 6.37. The lowest BCUT2D eigenvalue weighted by atomic mass is 10.1. The molecule has 0 fully saturated rings. The van der Waals surface area contributed by atoms with Crippen LogP contribution in [0.3, 0.4) is 0 Å². The molecule has 4 heteroatoms. The minimum absolute atomic E-state index is 0.534. The maximum absolute atomic E-state index is 8.82. The zero-order valence-electron chi connectivity index (χ0n) is 10.4. The molecule has 0 aliphatic carbocycles. The summed E-state index contributed by atoms with van der Waals surface area (Å²) in [4.78, 5) is 0. The van der Waals surface area contributed by atoms with E-state index in [1.54, 1.807) is 12.1 Å². The summed E-state index contributed by atoms with van der Waals surface area (Å²) >= 11 is 3.46. The number of nitrogens with one attached hydrogen (secondary N) is 1. The first-order valence-electron chi connectivity index (χ1n) is 5.95. The van der Waals surface area contributed by atoms with Crippen LogP contribution < -0.4 is 11.1 Å². The predicted molar refractivity (Wildman–Crippen MR) is 80.5 cm³/mol. The number of anilines is 1. The second-order valence-corrected chi connectivity index (χ2v) is 4.99. The quantitative estimate of drug-likeness (QED) is 0.909. The minimum atomic E-state index is 0.534. The van der Waals surface area contributed by atoms with Gasteiger partial charge in [-0.2, -0.15) is 5.26 Å². The van der Waals surface area contributed by atoms with Crippen LogP contribution in [0.5, 0.6) is 0 Å². The maximum atomic E-state index is 8.82. The van der Waals surface area contributed by atoms with Crippen molar-refractivity contribution in [2.24, 2.45) is 5.73 Å². The highest BCUT2D eigenvalue weighted by Crippen LogP contribution is 2.24. The van der Waals surface area contributed by atoms with Gasteiger partial charge in [0.05, 0.1) is 11.6 Å². The minimum Gasteiger partial charge on any atom is -0.380 e. The number of benzene rings is 2. The molecule has 0 aliphatic heterocycles. The van der Waals surface area contributed by atoms with Crippen molar-refractivity contribution in [1.29, 1.82) is 5.26 Å². The Morgan fingerprint density at radius 3 is 2.53 bits per heavy atom. The molecular formula is C15H14BrN3. The van der Waals surface area contributed by atoms with Gasteiger partial charge in [-0.05, 0) is 45.3 Å². The van der Waals surface area contributed by atoms with E-state index in [0.29, 0.717) is 18.7 Å². The fraction of sp³-hybridized carbons (Fsp3) is 0.133. The fourth-order valence-corrected chi connectivity index (χ4v) is 2.37. The van der Waals surface area contributed by atoms with Crippen LogP contribution in [-0.4, -0.2) is 0 Å². The third-order valence-corrected chi connectivity index (χ3v) is 3.56. The van der Waals surface area contributed by atoms with Gasteiger partial charge >= 0.3 is 0 Å². The maximum Gasteiger partial charge on any atom is 0.0992 e. The summed E-state index contributed by atoms with van der Waals surface area (Å²) in [5, 5.41) is 12.2. The zero-order valence-corrected chi connectivity index (χ0v) is 11.9. The van der Waals surface area contributed by atoms with Crippen molar-refractivity contribution in [3.05, 3.63) is 63.6 Å². The lowest BCUT2D eigenvalue weighted by Crippen LogP contribution is -2.06. The van der Waals surface area contributed by atoms with E-state index in [1.165, 1.54) is 5.56 Å². The molecule has 0 radical (unpaired) electrons. The van der Waals surface area contributed by atoms with Crippen LogP contribution in [0.15, 0.2) is 46.9 Å². The van der Waals surface area contributed by atoms with E-state index in [9.17, 15) is 0 Å². The SMILES string of the molecule is N#Cc1ccc(NCc2ccccc2CN)c(Br)c1. The number of rotatable bonds is 4. The van der Waals surface area contributed by atoms with Crippen molar-refractivity contribution >= 4 is 21.6 Å². The molecule has 19 heavy (non-hydrogen) atoms. The van der Waals surface area contributed by atoms with Crippen molar-refractivity contribution < 1.29 is 0 Å². The summed E-state index contributed by atoms with van der Waals surface area (Å²) in [7, 11) is 0. The summed E-state index contributed by atoms with van der Waals surface area (Å²) in [6, 6.07) is 15.7. The fourth-order valence-electron chi connectivity index (χ4n) is 1.85. The van der Waals surface area contributed by atoms with E-state index in [4.69, 9.17) is 11.0 Å². The molecule has 0 heterocycles. The molecule has 0 amide bonds. The highest BCUT2D eigenvalue weighted by Gasteiger charge is 2.03. The first-order valence-corrected chi connectivity index (χ1v) is 6.74. The Balaban J connectivity index is 2.13. The van der Waals surface area contributed by atoms with Gasteiger partial charge in [0, 0.05) is 23.2 Å². The van der Waals surface area contributed by atoms with Crippen molar-refractivity contribution in [1.82, 2.24) is 0 Å². The van der Waals surface area contributed by atoms with Crippen LogP contribution in [0.25, 0.3) is 0 Å². The molecule has 2 aromatic carbocycles. The van der Waals surface area contributed by atoms with Gasteiger partial charge < -0.3 is 11.1 Å². The Hall–Kier alpha value is -1.83. The largest absolute Gasteiger partial charge is 0.380 e. The Labute approximate surface area is 121 Å². The van der Waals surface area contributed by atoms with Gasteiger partial charge in [0.2, 0.25) is 0 Å². The van der Waals surface area contributed by atoms with E-state index in [1.807, 2.05) is 24.3 Å². The van der Waals surface area contributed by atoms with E-state index in [2.05, 4.69) is 33.4 Å². The normalized spacial score (nSPS) is 9.95. The number of nitrogens with two attached hydrogens (primary N) is 1. The van der Waals surface area contributed by atoms with E-state index < -0.39 is 0 Å². The Bertz CT molecular complexity index is 617. The van der Waals surface area contributed by atoms with Crippen LogP contribution in [0, 0.1) is 11.3 Å². The summed E-state index contributed by atoms with van der Waals surface area (Å²) in [6.07, 6.45) is 0. The predicted octanol–water partition coefficient (Wildman–Crippen LogP) is 3.39. The van der Waals surface area contributed by atoms with Crippen LogP contribution in [0.2, 0.25) is 0 Å². The number of hydrogen-bond acceptors (Lipinski definition) is 3. The zero-order chi connectivity index (χ0) is 13.7. The van der Waals surface area contributed by atoms with E-state index in [0.717, 1.165) is 15.7 Å². The molecule has 3 nitrogen and oxygen atoms in total. The van der Waals surface area contributed by atoms with Crippen molar-refractivity contribution in [3.8, 4) is 6.07 Å². The topological polar surface area (TPSA) is 61.8 Å². The van der Waals surface area contributed by atoms with Gasteiger partial charge in [0.1, 0.15) is 0 Å². The first-order chi connectivity index (χ1) is 9.24. The van der Waals surface area contributed by atoms with Crippen molar-refractivity contribution in [3.63, 3.8) is 0 Å². The van der Waals surface area contributed by atoms with Crippen LogP contribution in [0.4, 0.5) is 5.69 Å². The summed E-state index contributed by atoms with van der Waals surface area (Å²) in [5.74, 6) is 0. The number of hydrogen-bond donors (Lipinski definition) is 2. The lowest BCUT2D eigenvalue weighted by molar-refractivity contribution is 1.01. The molecule has 0 spiro atoms. The van der Waals surface area contributed by atoms with E-state index >= 15 is 0 Å². The van der Waals surface area contributed by atoms with Gasteiger partial charge in [0.15, 0.2) is 0 Å². The van der Waals surface area contributed by atoms with Crippen LogP contribution in [-0.2, 0) is 13.1 Å². The molecule has 0 bridgehead atoms. The average molecular weight is 316 g/mol. The number of nitriles is 1. The molecule has 0 saturated carbocycles. The molecule has 0 saturated heterocycles. The monoisotopic (exact) mass is 315 g/mol. The van der Waals surface area contributed by atoms with Gasteiger partial charge in [-0.3, -0.25) is 0 Å².